The monoisotopic (exact) mass is 318 g/mol. The van der Waals surface area contributed by atoms with Crippen molar-refractivity contribution in [3.63, 3.8) is 0 Å². The van der Waals surface area contributed by atoms with E-state index in [4.69, 9.17) is 14.2 Å². The van der Waals surface area contributed by atoms with Gasteiger partial charge in [0.25, 0.3) is 0 Å². The standard InChI is InChI=1S/C16H30O6/c1-5-8-11-19-16(20-12-9-6-2,21-13-10-7-3)15(18)22-14(4)17/h5-13H2,1-4H3. The van der Waals surface area contributed by atoms with Crippen LogP contribution < -0.4 is 0 Å². The molecular weight excluding hydrogens is 288 g/mol. The molecule has 0 saturated carbocycles. The number of hydrogen-bond acceptors (Lipinski definition) is 6. The first-order chi connectivity index (χ1) is 10.5. The first-order valence-electron chi connectivity index (χ1n) is 8.17. The van der Waals surface area contributed by atoms with Crippen LogP contribution >= 0.6 is 0 Å². The van der Waals surface area contributed by atoms with Crippen LogP contribution in [0.15, 0.2) is 0 Å². The van der Waals surface area contributed by atoms with Gasteiger partial charge in [0.05, 0.1) is 19.8 Å². The lowest BCUT2D eigenvalue weighted by molar-refractivity contribution is -0.363. The topological polar surface area (TPSA) is 71.1 Å². The molecule has 0 N–H and O–H groups in total. The summed E-state index contributed by atoms with van der Waals surface area (Å²) in [4.78, 5) is 23.3. The van der Waals surface area contributed by atoms with Crippen LogP contribution in [-0.2, 0) is 28.5 Å². The molecular formula is C16H30O6. The third kappa shape index (κ3) is 8.46. The Balaban J connectivity index is 4.99. The van der Waals surface area contributed by atoms with Crippen molar-refractivity contribution in [2.45, 2.75) is 72.2 Å². The van der Waals surface area contributed by atoms with Crippen LogP contribution in [0.2, 0.25) is 0 Å². The van der Waals surface area contributed by atoms with Crippen molar-refractivity contribution in [3.05, 3.63) is 0 Å². The van der Waals surface area contributed by atoms with Crippen molar-refractivity contribution in [1.29, 1.82) is 0 Å². The van der Waals surface area contributed by atoms with Gasteiger partial charge < -0.3 is 18.9 Å². The molecule has 0 amide bonds. The molecule has 0 fully saturated rings. The Morgan fingerprint density at radius 1 is 0.773 bits per heavy atom. The largest absolute Gasteiger partial charge is 0.405 e. The Labute approximate surface area is 133 Å². The summed E-state index contributed by atoms with van der Waals surface area (Å²) < 4.78 is 21.3. The van der Waals surface area contributed by atoms with E-state index in [1.54, 1.807) is 0 Å². The van der Waals surface area contributed by atoms with Gasteiger partial charge in [-0.25, -0.2) is 4.79 Å². The number of carbonyl (C=O) groups excluding carboxylic acids is 2. The summed E-state index contributed by atoms with van der Waals surface area (Å²) in [5.74, 6) is -3.60. The molecule has 0 radical (unpaired) electrons. The van der Waals surface area contributed by atoms with E-state index in [9.17, 15) is 9.59 Å². The van der Waals surface area contributed by atoms with Crippen LogP contribution in [0.25, 0.3) is 0 Å². The van der Waals surface area contributed by atoms with Crippen molar-refractivity contribution in [3.8, 4) is 0 Å². The molecule has 0 unspecified atom stereocenters. The quantitative estimate of drug-likeness (QED) is 0.225. The zero-order chi connectivity index (χ0) is 16.8. The first-order valence-corrected chi connectivity index (χ1v) is 8.17. The van der Waals surface area contributed by atoms with Crippen LogP contribution in [0.1, 0.15) is 66.2 Å². The Hall–Kier alpha value is -0.980. The minimum Gasteiger partial charge on any atom is -0.387 e. The Morgan fingerprint density at radius 3 is 1.41 bits per heavy atom. The van der Waals surface area contributed by atoms with Crippen molar-refractivity contribution in [1.82, 2.24) is 0 Å². The van der Waals surface area contributed by atoms with E-state index in [0.717, 1.165) is 45.4 Å². The lowest BCUT2D eigenvalue weighted by Crippen LogP contribution is -2.49. The first kappa shape index (κ1) is 21.0. The molecule has 0 aromatic carbocycles. The van der Waals surface area contributed by atoms with E-state index in [2.05, 4.69) is 4.74 Å². The second kappa shape index (κ2) is 12.6. The minimum atomic E-state index is -1.94. The Morgan fingerprint density at radius 2 is 1.14 bits per heavy atom. The summed E-state index contributed by atoms with van der Waals surface area (Å²) in [6.45, 7) is 8.07. The van der Waals surface area contributed by atoms with Gasteiger partial charge in [-0.1, -0.05) is 40.0 Å². The molecule has 0 aliphatic carbocycles. The summed E-state index contributed by atoms with van der Waals surface area (Å²) in [5.41, 5.74) is 0. The van der Waals surface area contributed by atoms with Gasteiger partial charge in [0.1, 0.15) is 0 Å². The molecule has 22 heavy (non-hydrogen) atoms. The Bertz CT molecular complexity index is 289. The fourth-order valence-corrected chi connectivity index (χ4v) is 1.55. The lowest BCUT2D eigenvalue weighted by Gasteiger charge is -2.30. The number of hydrogen-bond donors (Lipinski definition) is 0. The molecule has 6 nitrogen and oxygen atoms in total. The number of ether oxygens (including phenoxy) is 4. The summed E-state index contributed by atoms with van der Waals surface area (Å²) in [5, 5.41) is 0. The molecule has 6 heteroatoms. The van der Waals surface area contributed by atoms with E-state index in [0.29, 0.717) is 19.8 Å². The van der Waals surface area contributed by atoms with Gasteiger partial charge in [0.2, 0.25) is 0 Å². The van der Waals surface area contributed by atoms with Crippen molar-refractivity contribution >= 4 is 11.9 Å². The highest BCUT2D eigenvalue weighted by molar-refractivity contribution is 5.87. The SMILES string of the molecule is CCCCOC(OCCCC)(OCCCC)C(=O)OC(C)=O. The molecule has 0 aliphatic rings. The maximum absolute atomic E-state index is 12.2. The second-order valence-corrected chi connectivity index (χ2v) is 5.04. The molecule has 0 spiro atoms. The summed E-state index contributed by atoms with van der Waals surface area (Å²) >= 11 is 0. The minimum absolute atomic E-state index is 0.293. The van der Waals surface area contributed by atoms with E-state index >= 15 is 0 Å². The predicted octanol–water partition coefficient (Wildman–Crippen LogP) is 3.18. The second-order valence-electron chi connectivity index (χ2n) is 5.04. The van der Waals surface area contributed by atoms with Crippen LogP contribution in [0.5, 0.6) is 0 Å². The van der Waals surface area contributed by atoms with Crippen LogP contribution in [0, 0.1) is 0 Å². The Kier molecular flexibility index (Phi) is 12.0. The fraction of sp³-hybridized carbons (Fsp3) is 0.875. The molecule has 0 heterocycles. The normalized spacial score (nSPS) is 11.5. The summed E-state index contributed by atoms with van der Waals surface area (Å²) in [6.07, 6.45) is 4.97. The van der Waals surface area contributed by atoms with E-state index in [1.165, 1.54) is 0 Å². The van der Waals surface area contributed by atoms with Gasteiger partial charge in [0, 0.05) is 6.92 Å². The molecule has 130 valence electrons. The van der Waals surface area contributed by atoms with Crippen LogP contribution in [0.3, 0.4) is 0 Å². The third-order valence-electron chi connectivity index (χ3n) is 2.86. The molecule has 0 atom stereocenters. The van der Waals surface area contributed by atoms with Crippen molar-refractivity contribution in [2.75, 3.05) is 19.8 Å². The smallest absolute Gasteiger partial charge is 0.387 e. The number of carbonyl (C=O) groups is 2. The van der Waals surface area contributed by atoms with Crippen LogP contribution in [-0.4, -0.2) is 37.7 Å². The lowest BCUT2D eigenvalue weighted by atomic mass is 10.3. The molecule has 0 rings (SSSR count). The van der Waals surface area contributed by atoms with Gasteiger partial charge >= 0.3 is 17.9 Å². The highest BCUT2D eigenvalue weighted by Crippen LogP contribution is 2.20. The van der Waals surface area contributed by atoms with Gasteiger partial charge in [-0.15, -0.1) is 0 Å². The number of unbranched alkanes of at least 4 members (excludes halogenated alkanes) is 3. The summed E-state index contributed by atoms with van der Waals surface area (Å²) in [6, 6.07) is 0. The maximum Gasteiger partial charge on any atom is 0.405 e. The average Bonchev–Trinajstić information content (AvgIpc) is 2.46. The zero-order valence-electron chi connectivity index (χ0n) is 14.3. The molecule has 0 aliphatic heterocycles. The molecule has 0 saturated heterocycles. The predicted molar refractivity (Wildman–Crippen MR) is 82.1 cm³/mol. The molecule has 0 aromatic rings. The molecule has 0 bridgehead atoms. The fourth-order valence-electron chi connectivity index (χ4n) is 1.55. The van der Waals surface area contributed by atoms with Gasteiger partial charge in [-0.05, 0) is 19.3 Å². The highest BCUT2D eigenvalue weighted by Gasteiger charge is 2.45. The summed E-state index contributed by atoms with van der Waals surface area (Å²) in [7, 11) is 0. The maximum atomic E-state index is 12.2. The number of rotatable bonds is 13. The molecule has 0 aromatic heterocycles. The van der Waals surface area contributed by atoms with Gasteiger partial charge in [-0.2, -0.15) is 0 Å². The van der Waals surface area contributed by atoms with E-state index in [1.807, 2.05) is 20.8 Å². The van der Waals surface area contributed by atoms with Gasteiger partial charge in [-0.3, -0.25) is 4.79 Å². The third-order valence-corrected chi connectivity index (χ3v) is 2.86. The average molecular weight is 318 g/mol. The van der Waals surface area contributed by atoms with Crippen LogP contribution in [0.4, 0.5) is 0 Å². The van der Waals surface area contributed by atoms with Crippen molar-refractivity contribution in [2.24, 2.45) is 0 Å². The number of esters is 2. The van der Waals surface area contributed by atoms with Gasteiger partial charge in [0.15, 0.2) is 0 Å². The van der Waals surface area contributed by atoms with Crippen molar-refractivity contribution < 1.29 is 28.5 Å². The van der Waals surface area contributed by atoms with E-state index < -0.39 is 17.9 Å². The zero-order valence-corrected chi connectivity index (χ0v) is 14.3. The van der Waals surface area contributed by atoms with E-state index in [-0.39, 0.29) is 0 Å². The highest BCUT2D eigenvalue weighted by atomic mass is 16.9.